The summed E-state index contributed by atoms with van der Waals surface area (Å²) in [7, 11) is -3.37. The number of hydrogen-bond acceptors (Lipinski definition) is 4. The predicted octanol–water partition coefficient (Wildman–Crippen LogP) is 1.04. The average Bonchev–Trinajstić information content (AvgIpc) is 2.17. The molecular formula is C10H11NO3S. The number of aliphatic hydroxyl groups excluding tert-OH is 1. The lowest BCUT2D eigenvalue weighted by Crippen LogP contribution is -2.06. The van der Waals surface area contributed by atoms with Gasteiger partial charge in [-0.3, -0.25) is 0 Å². The van der Waals surface area contributed by atoms with Gasteiger partial charge in [-0.15, -0.1) is 0 Å². The number of rotatable bonds is 3. The summed E-state index contributed by atoms with van der Waals surface area (Å²) in [6.45, 7) is 0. The Labute approximate surface area is 88.7 Å². The molecule has 0 saturated carbocycles. The van der Waals surface area contributed by atoms with Crippen LogP contribution in [0.4, 0.5) is 0 Å². The SMILES string of the molecule is CS(=O)(=O)c1ccccc1C(O)CC#N. The number of nitrogens with zero attached hydrogens (tertiary/aromatic N) is 1. The molecule has 1 unspecified atom stereocenters. The first-order valence-electron chi connectivity index (χ1n) is 4.31. The van der Waals surface area contributed by atoms with E-state index >= 15 is 0 Å². The van der Waals surface area contributed by atoms with Crippen LogP contribution >= 0.6 is 0 Å². The predicted molar refractivity (Wildman–Crippen MR) is 54.7 cm³/mol. The van der Waals surface area contributed by atoms with E-state index in [1.165, 1.54) is 12.1 Å². The maximum absolute atomic E-state index is 11.4. The molecule has 0 aromatic heterocycles. The van der Waals surface area contributed by atoms with Crippen molar-refractivity contribution in [3.8, 4) is 6.07 Å². The molecule has 0 radical (unpaired) electrons. The Morgan fingerprint density at radius 2 is 2.07 bits per heavy atom. The fourth-order valence-electron chi connectivity index (χ4n) is 1.29. The zero-order valence-corrected chi connectivity index (χ0v) is 9.03. The molecule has 1 aromatic rings. The molecule has 15 heavy (non-hydrogen) atoms. The minimum absolute atomic E-state index is 0.0766. The molecule has 5 heteroatoms. The molecule has 4 nitrogen and oxygen atoms in total. The molecule has 0 bridgehead atoms. The van der Waals surface area contributed by atoms with Crippen LogP contribution < -0.4 is 0 Å². The molecule has 0 spiro atoms. The maximum atomic E-state index is 11.4. The highest BCUT2D eigenvalue weighted by molar-refractivity contribution is 7.90. The second kappa shape index (κ2) is 4.43. The fraction of sp³-hybridized carbons (Fsp3) is 0.300. The molecule has 1 rings (SSSR count). The third-order valence-electron chi connectivity index (χ3n) is 1.96. The molecule has 0 aliphatic heterocycles. The van der Waals surface area contributed by atoms with Crippen molar-refractivity contribution in [1.82, 2.24) is 0 Å². The molecule has 0 fully saturated rings. The van der Waals surface area contributed by atoms with E-state index in [4.69, 9.17) is 5.26 Å². The molecule has 0 amide bonds. The van der Waals surface area contributed by atoms with Gasteiger partial charge in [0.15, 0.2) is 9.84 Å². The first kappa shape index (κ1) is 11.7. The Kier molecular flexibility index (Phi) is 3.45. The molecule has 1 atom stereocenters. The van der Waals surface area contributed by atoms with E-state index < -0.39 is 15.9 Å². The van der Waals surface area contributed by atoms with Gasteiger partial charge in [-0.1, -0.05) is 18.2 Å². The second-order valence-corrected chi connectivity index (χ2v) is 5.17. The molecule has 0 heterocycles. The monoisotopic (exact) mass is 225 g/mol. The van der Waals surface area contributed by atoms with Crippen molar-refractivity contribution in [2.24, 2.45) is 0 Å². The summed E-state index contributed by atoms with van der Waals surface area (Å²) in [6, 6.07) is 7.95. The minimum Gasteiger partial charge on any atom is -0.387 e. The summed E-state index contributed by atoms with van der Waals surface area (Å²) in [5.74, 6) is 0. The van der Waals surface area contributed by atoms with E-state index in [0.29, 0.717) is 0 Å². The van der Waals surface area contributed by atoms with Gasteiger partial charge in [-0.05, 0) is 6.07 Å². The first-order valence-corrected chi connectivity index (χ1v) is 6.20. The van der Waals surface area contributed by atoms with Crippen LogP contribution in [0, 0.1) is 11.3 Å². The second-order valence-electron chi connectivity index (χ2n) is 3.19. The Morgan fingerprint density at radius 1 is 1.47 bits per heavy atom. The van der Waals surface area contributed by atoms with Crippen molar-refractivity contribution in [2.45, 2.75) is 17.4 Å². The smallest absolute Gasteiger partial charge is 0.175 e. The molecule has 0 aliphatic carbocycles. The third-order valence-corrected chi connectivity index (χ3v) is 3.13. The summed E-state index contributed by atoms with van der Waals surface area (Å²) >= 11 is 0. The fourth-order valence-corrected chi connectivity index (χ4v) is 2.25. The van der Waals surface area contributed by atoms with E-state index in [1.54, 1.807) is 18.2 Å². The van der Waals surface area contributed by atoms with Gasteiger partial charge in [0.2, 0.25) is 0 Å². The molecule has 1 N–H and O–H groups in total. The van der Waals surface area contributed by atoms with E-state index in [1.807, 2.05) is 0 Å². The lowest BCUT2D eigenvalue weighted by atomic mass is 10.1. The topological polar surface area (TPSA) is 78.2 Å². The number of benzene rings is 1. The zero-order valence-electron chi connectivity index (χ0n) is 8.21. The zero-order chi connectivity index (χ0) is 11.5. The largest absolute Gasteiger partial charge is 0.387 e. The number of nitriles is 1. The minimum atomic E-state index is -3.37. The van der Waals surface area contributed by atoms with Crippen molar-refractivity contribution in [2.75, 3.05) is 6.26 Å². The summed E-state index contributed by atoms with van der Waals surface area (Å²) in [5.41, 5.74) is 0.279. The van der Waals surface area contributed by atoms with Gasteiger partial charge in [-0.2, -0.15) is 5.26 Å². The van der Waals surface area contributed by atoms with Crippen molar-refractivity contribution in [1.29, 1.82) is 5.26 Å². The number of aliphatic hydroxyl groups is 1. The molecule has 80 valence electrons. The summed E-state index contributed by atoms with van der Waals surface area (Å²) in [6.07, 6.45) is -0.0989. The van der Waals surface area contributed by atoms with Crippen molar-refractivity contribution in [3.05, 3.63) is 29.8 Å². The third kappa shape index (κ3) is 2.78. The van der Waals surface area contributed by atoms with Crippen molar-refractivity contribution < 1.29 is 13.5 Å². The summed E-state index contributed by atoms with van der Waals surface area (Å²) in [4.78, 5) is 0.0766. The Hall–Kier alpha value is -1.38. The Balaban J connectivity index is 3.26. The molecule has 1 aromatic carbocycles. The molecule has 0 aliphatic rings. The van der Waals surface area contributed by atoms with Gasteiger partial charge in [0.1, 0.15) is 0 Å². The van der Waals surface area contributed by atoms with E-state index in [-0.39, 0.29) is 16.9 Å². The lowest BCUT2D eigenvalue weighted by molar-refractivity contribution is 0.180. The lowest BCUT2D eigenvalue weighted by Gasteiger charge is -2.11. The van der Waals surface area contributed by atoms with Crippen LogP contribution in [0.1, 0.15) is 18.1 Å². The van der Waals surface area contributed by atoms with Gasteiger partial charge in [0.25, 0.3) is 0 Å². The summed E-state index contributed by atoms with van der Waals surface area (Å²) in [5, 5.41) is 18.0. The highest BCUT2D eigenvalue weighted by Crippen LogP contribution is 2.24. The van der Waals surface area contributed by atoms with Crippen LogP contribution in [0.2, 0.25) is 0 Å². The van der Waals surface area contributed by atoms with Gasteiger partial charge >= 0.3 is 0 Å². The number of hydrogen-bond donors (Lipinski definition) is 1. The van der Waals surface area contributed by atoms with Gasteiger partial charge in [0.05, 0.1) is 23.5 Å². The normalized spacial score (nSPS) is 13.1. The highest BCUT2D eigenvalue weighted by atomic mass is 32.2. The van der Waals surface area contributed by atoms with Crippen LogP contribution in [0.15, 0.2) is 29.2 Å². The van der Waals surface area contributed by atoms with Gasteiger partial charge in [-0.25, -0.2) is 8.42 Å². The van der Waals surface area contributed by atoms with Crippen LogP contribution in [-0.2, 0) is 9.84 Å². The van der Waals surface area contributed by atoms with E-state index in [0.717, 1.165) is 6.26 Å². The van der Waals surface area contributed by atoms with Crippen molar-refractivity contribution >= 4 is 9.84 Å². The quantitative estimate of drug-likeness (QED) is 0.833. The number of sulfone groups is 1. The molecule has 0 saturated heterocycles. The van der Waals surface area contributed by atoms with Gasteiger partial charge in [0, 0.05) is 11.8 Å². The standard InChI is InChI=1S/C10H11NO3S/c1-15(13,14)10-5-3-2-4-8(10)9(12)6-7-11/h2-5,9,12H,6H2,1H3. The molecular weight excluding hydrogens is 214 g/mol. The van der Waals surface area contributed by atoms with Crippen LogP contribution in [-0.4, -0.2) is 19.8 Å². The average molecular weight is 225 g/mol. The summed E-state index contributed by atoms with van der Waals surface area (Å²) < 4.78 is 22.7. The highest BCUT2D eigenvalue weighted by Gasteiger charge is 2.17. The van der Waals surface area contributed by atoms with Crippen LogP contribution in [0.3, 0.4) is 0 Å². The Bertz CT molecular complexity index is 488. The van der Waals surface area contributed by atoms with E-state index in [2.05, 4.69) is 0 Å². The van der Waals surface area contributed by atoms with Crippen LogP contribution in [0.5, 0.6) is 0 Å². The van der Waals surface area contributed by atoms with Crippen molar-refractivity contribution in [3.63, 3.8) is 0 Å². The maximum Gasteiger partial charge on any atom is 0.175 e. The first-order chi connectivity index (χ1) is 6.96. The van der Waals surface area contributed by atoms with E-state index in [9.17, 15) is 13.5 Å². The Morgan fingerprint density at radius 3 is 2.60 bits per heavy atom. The van der Waals surface area contributed by atoms with Crippen LogP contribution in [0.25, 0.3) is 0 Å². The van der Waals surface area contributed by atoms with Gasteiger partial charge < -0.3 is 5.11 Å².